The molecule has 0 N–H and O–H groups in total. The smallest absolute Gasteiger partial charge is 0.171 e. The molecule has 0 aliphatic carbocycles. The van der Waals surface area contributed by atoms with Gasteiger partial charge in [0.05, 0.1) is 12.2 Å². The first kappa shape index (κ1) is 16.9. The quantitative estimate of drug-likeness (QED) is 0.844. The number of hydroxylamine groups is 2. The first-order chi connectivity index (χ1) is 10.9. The van der Waals surface area contributed by atoms with Gasteiger partial charge >= 0.3 is 0 Å². The third kappa shape index (κ3) is 3.77. The fraction of sp³-hybridized carbons (Fsp3) is 0.684. The molecule has 0 radical (unpaired) electrons. The Hall–Kier alpha value is -0.940. The summed E-state index contributed by atoms with van der Waals surface area (Å²) in [6, 6.07) is 10.3. The predicted molar refractivity (Wildman–Crippen MR) is 89.8 cm³/mol. The maximum atomic E-state index is 6.35. The normalized spacial score (nSPS) is 28.6. The highest BCUT2D eigenvalue weighted by molar-refractivity contribution is 5.16. The van der Waals surface area contributed by atoms with Gasteiger partial charge in [-0.15, -0.1) is 0 Å². The summed E-state index contributed by atoms with van der Waals surface area (Å²) in [7, 11) is 0. The van der Waals surface area contributed by atoms with Crippen LogP contribution in [-0.2, 0) is 14.3 Å². The molecule has 2 fully saturated rings. The van der Waals surface area contributed by atoms with E-state index in [4.69, 9.17) is 14.3 Å². The summed E-state index contributed by atoms with van der Waals surface area (Å²) in [6.45, 7) is 11.1. The molecule has 2 unspecified atom stereocenters. The lowest BCUT2D eigenvalue weighted by atomic mass is 9.89. The molecule has 2 atom stereocenters. The molecule has 1 spiro atoms. The van der Waals surface area contributed by atoms with Gasteiger partial charge in [0.2, 0.25) is 0 Å². The van der Waals surface area contributed by atoms with Gasteiger partial charge in [0.25, 0.3) is 0 Å². The van der Waals surface area contributed by atoms with Crippen molar-refractivity contribution in [2.24, 2.45) is 5.92 Å². The van der Waals surface area contributed by atoms with Gasteiger partial charge in [-0.2, -0.15) is 5.06 Å². The van der Waals surface area contributed by atoms with Crippen molar-refractivity contribution in [1.29, 1.82) is 0 Å². The van der Waals surface area contributed by atoms with Crippen molar-refractivity contribution in [2.75, 3.05) is 19.7 Å². The van der Waals surface area contributed by atoms with Gasteiger partial charge in [0, 0.05) is 31.8 Å². The number of ether oxygens (including phenoxy) is 2. The Labute approximate surface area is 139 Å². The van der Waals surface area contributed by atoms with Crippen LogP contribution in [0.1, 0.15) is 52.2 Å². The fourth-order valence-corrected chi connectivity index (χ4v) is 3.27. The molecule has 4 nitrogen and oxygen atoms in total. The van der Waals surface area contributed by atoms with Gasteiger partial charge in [0.15, 0.2) is 5.79 Å². The Balaban J connectivity index is 1.55. The molecule has 128 valence electrons. The zero-order valence-electron chi connectivity index (χ0n) is 14.7. The van der Waals surface area contributed by atoms with E-state index in [0.29, 0.717) is 5.92 Å². The second-order valence-electron chi connectivity index (χ2n) is 7.42. The zero-order valence-corrected chi connectivity index (χ0v) is 14.7. The minimum atomic E-state index is -0.425. The van der Waals surface area contributed by atoms with E-state index in [2.05, 4.69) is 44.9 Å². The number of piperidine rings is 1. The van der Waals surface area contributed by atoms with Crippen molar-refractivity contribution in [1.82, 2.24) is 5.06 Å². The van der Waals surface area contributed by atoms with Gasteiger partial charge in [-0.05, 0) is 26.3 Å². The molecule has 3 rings (SSSR count). The average Bonchev–Trinajstić information content (AvgIpc) is 2.54. The van der Waals surface area contributed by atoms with E-state index in [9.17, 15) is 0 Å². The fourth-order valence-electron chi connectivity index (χ4n) is 3.27. The third-order valence-electron chi connectivity index (χ3n) is 5.29. The predicted octanol–water partition coefficient (Wildman–Crippen LogP) is 3.93. The van der Waals surface area contributed by atoms with Gasteiger partial charge in [-0.25, -0.2) is 0 Å². The van der Waals surface area contributed by atoms with Crippen molar-refractivity contribution >= 4 is 0 Å². The number of hydrogen-bond donors (Lipinski definition) is 0. The molecule has 4 heteroatoms. The molecule has 1 aromatic carbocycles. The molecule has 0 amide bonds. The topological polar surface area (TPSA) is 30.9 Å². The molecule has 1 aromatic rings. The van der Waals surface area contributed by atoms with Crippen molar-refractivity contribution in [2.45, 2.75) is 58.0 Å². The average molecular weight is 319 g/mol. The largest absolute Gasteiger partial charge is 0.349 e. The van der Waals surface area contributed by atoms with Crippen LogP contribution in [0.25, 0.3) is 0 Å². The molecular formula is C19H29NO3. The zero-order chi connectivity index (χ0) is 16.5. The van der Waals surface area contributed by atoms with Gasteiger partial charge in [-0.1, -0.05) is 37.3 Å². The first-order valence-electron chi connectivity index (χ1n) is 8.71. The Morgan fingerprint density at radius 2 is 1.83 bits per heavy atom. The van der Waals surface area contributed by atoms with E-state index in [1.165, 1.54) is 5.56 Å². The molecule has 0 aromatic heterocycles. The van der Waals surface area contributed by atoms with Crippen molar-refractivity contribution in [3.63, 3.8) is 0 Å². The Bertz CT molecular complexity index is 509. The van der Waals surface area contributed by atoms with Gasteiger partial charge < -0.3 is 9.47 Å². The minimum Gasteiger partial charge on any atom is -0.349 e. The van der Waals surface area contributed by atoms with Crippen LogP contribution in [0.3, 0.4) is 0 Å². The van der Waals surface area contributed by atoms with E-state index in [1.807, 2.05) is 18.2 Å². The van der Waals surface area contributed by atoms with Crippen LogP contribution in [0, 0.1) is 5.92 Å². The Morgan fingerprint density at radius 1 is 1.17 bits per heavy atom. The van der Waals surface area contributed by atoms with Crippen molar-refractivity contribution in [3.8, 4) is 0 Å². The van der Waals surface area contributed by atoms with Crippen LogP contribution in [-0.4, -0.2) is 36.1 Å². The molecular weight excluding hydrogens is 290 g/mol. The van der Waals surface area contributed by atoms with Crippen molar-refractivity contribution < 1.29 is 14.3 Å². The summed E-state index contributed by atoms with van der Waals surface area (Å²) >= 11 is 0. The lowest BCUT2D eigenvalue weighted by Crippen LogP contribution is -2.57. The molecule has 2 heterocycles. The van der Waals surface area contributed by atoms with Gasteiger partial charge in [-0.3, -0.25) is 4.84 Å². The summed E-state index contributed by atoms with van der Waals surface area (Å²) in [6.07, 6.45) is 1.77. The van der Waals surface area contributed by atoms with Crippen LogP contribution in [0.5, 0.6) is 0 Å². The van der Waals surface area contributed by atoms with Gasteiger partial charge in [0.1, 0.15) is 6.10 Å². The summed E-state index contributed by atoms with van der Waals surface area (Å²) in [5.41, 5.74) is 1.08. The van der Waals surface area contributed by atoms with Crippen LogP contribution in [0.4, 0.5) is 0 Å². The number of nitrogens with zero attached hydrogens (tertiary/aromatic N) is 1. The van der Waals surface area contributed by atoms with Crippen LogP contribution in [0.15, 0.2) is 30.3 Å². The highest BCUT2D eigenvalue weighted by Gasteiger charge is 2.47. The number of benzene rings is 1. The highest BCUT2D eigenvalue weighted by atomic mass is 16.7. The second-order valence-corrected chi connectivity index (χ2v) is 7.42. The monoisotopic (exact) mass is 319 g/mol. The SMILES string of the molecule is CC(ON1CCC2(CC1)OCC(C)C(C)(C)O2)c1ccccc1. The number of rotatable bonds is 3. The second kappa shape index (κ2) is 6.52. The first-order valence-corrected chi connectivity index (χ1v) is 8.71. The van der Waals surface area contributed by atoms with E-state index in [-0.39, 0.29) is 11.7 Å². The summed E-state index contributed by atoms with van der Waals surface area (Å²) < 4.78 is 12.4. The molecule has 0 saturated carbocycles. The standard InChI is InChI=1S/C19H29NO3/c1-15-14-21-19(23-18(15,3)4)10-12-20(13-11-19)22-16(2)17-8-6-5-7-9-17/h5-9,15-16H,10-14H2,1-4H3. The summed E-state index contributed by atoms with van der Waals surface area (Å²) in [4.78, 5) is 6.11. The molecule has 2 aliphatic heterocycles. The molecule has 2 aliphatic rings. The van der Waals surface area contributed by atoms with E-state index < -0.39 is 5.79 Å². The van der Waals surface area contributed by atoms with Crippen molar-refractivity contribution in [3.05, 3.63) is 35.9 Å². The van der Waals surface area contributed by atoms with E-state index in [0.717, 1.165) is 32.5 Å². The number of hydrogen-bond acceptors (Lipinski definition) is 4. The molecule has 0 bridgehead atoms. The Morgan fingerprint density at radius 3 is 2.43 bits per heavy atom. The molecule has 23 heavy (non-hydrogen) atoms. The minimum absolute atomic E-state index is 0.0647. The lowest BCUT2D eigenvalue weighted by Gasteiger charge is -2.51. The van der Waals surface area contributed by atoms with E-state index >= 15 is 0 Å². The summed E-state index contributed by atoms with van der Waals surface area (Å²) in [5.74, 6) is -0.00761. The van der Waals surface area contributed by atoms with Crippen LogP contribution < -0.4 is 0 Å². The third-order valence-corrected chi connectivity index (χ3v) is 5.29. The van der Waals surface area contributed by atoms with Crippen LogP contribution in [0.2, 0.25) is 0 Å². The maximum absolute atomic E-state index is 6.35. The lowest BCUT2D eigenvalue weighted by molar-refractivity contribution is -0.363. The molecule has 2 saturated heterocycles. The van der Waals surface area contributed by atoms with E-state index in [1.54, 1.807) is 0 Å². The van der Waals surface area contributed by atoms with Crippen LogP contribution >= 0.6 is 0 Å². The highest BCUT2D eigenvalue weighted by Crippen LogP contribution is 2.40. The Kier molecular flexibility index (Phi) is 4.79. The maximum Gasteiger partial charge on any atom is 0.171 e. The summed E-state index contributed by atoms with van der Waals surface area (Å²) in [5, 5.41) is 2.06.